The highest BCUT2D eigenvalue weighted by Gasteiger charge is 2.37. The summed E-state index contributed by atoms with van der Waals surface area (Å²) < 4.78 is 71.2. The number of imidazole rings is 1. The zero-order chi connectivity index (χ0) is 32.1. The second-order valence-corrected chi connectivity index (χ2v) is 11.9. The summed E-state index contributed by atoms with van der Waals surface area (Å²) in [5, 5.41) is 5.92. The monoisotopic (exact) mass is 644 g/mol. The van der Waals surface area contributed by atoms with E-state index in [2.05, 4.69) is 15.6 Å². The van der Waals surface area contributed by atoms with Crippen LogP contribution in [0.3, 0.4) is 0 Å². The highest BCUT2D eigenvalue weighted by molar-refractivity contribution is 7.80. The zero-order valence-corrected chi connectivity index (χ0v) is 25.7. The summed E-state index contributed by atoms with van der Waals surface area (Å²) in [5.74, 6) is -3.59. The van der Waals surface area contributed by atoms with E-state index < -0.39 is 36.2 Å². The van der Waals surface area contributed by atoms with Crippen LogP contribution in [-0.4, -0.2) is 81.5 Å². The molecule has 1 aliphatic carbocycles. The van der Waals surface area contributed by atoms with Crippen LogP contribution in [0.1, 0.15) is 87.5 Å². The normalized spacial score (nSPS) is 18.2. The smallest absolute Gasteiger partial charge is 0.362 e. The number of aromatic nitrogens is 2. The summed E-state index contributed by atoms with van der Waals surface area (Å²) in [7, 11) is 1.50. The molecule has 1 saturated heterocycles. The number of nitrogens with zero attached hydrogens (tertiary/aromatic N) is 4. The van der Waals surface area contributed by atoms with Gasteiger partial charge in [0.05, 0.1) is 17.8 Å². The number of benzene rings is 1. The zero-order valence-electron chi connectivity index (χ0n) is 24.9. The first-order valence-corrected chi connectivity index (χ1v) is 15.4. The number of nitrogens with one attached hydrogen (secondary N) is 2. The summed E-state index contributed by atoms with van der Waals surface area (Å²) in [5.41, 5.74) is -1.04. The van der Waals surface area contributed by atoms with Gasteiger partial charge in [-0.25, -0.2) is 13.8 Å². The molecule has 1 aromatic carbocycles. The van der Waals surface area contributed by atoms with Crippen molar-refractivity contribution in [1.82, 2.24) is 30.0 Å². The summed E-state index contributed by atoms with van der Waals surface area (Å²) >= 11 is 5.24. The minimum atomic E-state index is -4.62. The van der Waals surface area contributed by atoms with Gasteiger partial charge in [-0.2, -0.15) is 13.2 Å². The van der Waals surface area contributed by atoms with E-state index in [1.165, 1.54) is 40.9 Å². The van der Waals surface area contributed by atoms with E-state index in [1.54, 1.807) is 4.90 Å². The van der Waals surface area contributed by atoms with Crippen LogP contribution < -0.4 is 10.6 Å². The Kier molecular flexibility index (Phi) is 11.0. The van der Waals surface area contributed by atoms with Crippen LogP contribution in [0.15, 0.2) is 30.5 Å². The van der Waals surface area contributed by atoms with Crippen LogP contribution in [-0.2, 0) is 11.0 Å². The van der Waals surface area contributed by atoms with Crippen molar-refractivity contribution < 1.29 is 33.0 Å². The number of halogens is 5. The van der Waals surface area contributed by atoms with Gasteiger partial charge < -0.3 is 15.2 Å². The first-order valence-electron chi connectivity index (χ1n) is 15.0. The molecule has 14 heteroatoms. The molecule has 1 aliphatic heterocycles. The lowest BCUT2D eigenvalue weighted by molar-refractivity contribution is -0.137. The number of carbonyl (C=O) groups excluding carboxylic acids is 2. The van der Waals surface area contributed by atoms with Crippen LogP contribution in [0.5, 0.6) is 0 Å². The Morgan fingerprint density at radius 2 is 1.91 bits per heavy atom. The summed E-state index contributed by atoms with van der Waals surface area (Å²) in [4.78, 5) is 34.1. The van der Waals surface area contributed by atoms with E-state index >= 15 is 0 Å². The maximum Gasteiger partial charge on any atom is 0.418 e. The molecule has 44 heavy (non-hydrogen) atoms. The van der Waals surface area contributed by atoms with Crippen LogP contribution >= 0.6 is 12.2 Å². The largest absolute Gasteiger partial charge is 0.418 e. The standard InChI is InChI=1S/C30H39F5N6O2S.H2/c1-3-36-28(44)39(2)25(42)17-21(13-16-40-15-8-14-29(31,32)19-40)37-27(43)23-18-41(26(38-23)20-9-4-5-10-20)24-12-7-6-11-22(24)30(33,34)35;/h6-7,11-12,18,20-21H,3-5,8-10,13-17,19H2,1-2H3,(H,36,44)(H,37,43);1H/t21-;/m0./s1. The van der Waals surface area contributed by atoms with Gasteiger partial charge in [0.1, 0.15) is 11.5 Å². The van der Waals surface area contributed by atoms with Gasteiger partial charge >= 0.3 is 6.18 Å². The Labute approximate surface area is 260 Å². The molecule has 4 rings (SSSR count). The Hall–Kier alpha value is -3.13. The van der Waals surface area contributed by atoms with Crippen molar-refractivity contribution in [1.29, 1.82) is 0 Å². The Bertz CT molecular complexity index is 1330. The van der Waals surface area contributed by atoms with Crippen LogP contribution in [0.25, 0.3) is 5.69 Å². The van der Waals surface area contributed by atoms with E-state index in [1.807, 2.05) is 6.92 Å². The van der Waals surface area contributed by atoms with E-state index in [0.717, 1.165) is 31.7 Å². The van der Waals surface area contributed by atoms with Crippen LogP contribution in [0.4, 0.5) is 22.0 Å². The Balaban J connectivity index is 0.00000552. The molecule has 2 fully saturated rings. The van der Waals surface area contributed by atoms with Crippen molar-refractivity contribution >= 4 is 29.1 Å². The highest BCUT2D eigenvalue weighted by Crippen LogP contribution is 2.38. The van der Waals surface area contributed by atoms with Gasteiger partial charge in [0.2, 0.25) is 5.91 Å². The molecular weight excluding hydrogens is 603 g/mol. The molecule has 0 bridgehead atoms. The number of amides is 2. The molecule has 2 aliphatic rings. The fourth-order valence-electron chi connectivity index (χ4n) is 5.88. The molecule has 2 amide bonds. The number of alkyl halides is 5. The molecule has 2 N–H and O–H groups in total. The minimum absolute atomic E-state index is 0. The number of rotatable bonds is 10. The van der Waals surface area contributed by atoms with Crippen molar-refractivity contribution in [3.63, 3.8) is 0 Å². The van der Waals surface area contributed by atoms with Crippen molar-refractivity contribution in [2.24, 2.45) is 0 Å². The maximum absolute atomic E-state index is 14.0. The predicted molar refractivity (Wildman–Crippen MR) is 162 cm³/mol. The summed E-state index contributed by atoms with van der Waals surface area (Å²) in [6.07, 6.45) is 0.166. The number of para-hydroxylation sites is 1. The van der Waals surface area contributed by atoms with Crippen LogP contribution in [0, 0.1) is 0 Å². The minimum Gasteiger partial charge on any atom is -0.362 e. The first kappa shape index (κ1) is 33.8. The van der Waals surface area contributed by atoms with Crippen molar-refractivity contribution in [3.8, 4) is 5.69 Å². The van der Waals surface area contributed by atoms with Crippen LogP contribution in [0.2, 0.25) is 0 Å². The van der Waals surface area contributed by atoms with E-state index in [9.17, 15) is 31.5 Å². The number of carbonyl (C=O) groups is 2. The number of thiocarbonyl (C=S) groups is 1. The number of piperidine rings is 1. The first-order chi connectivity index (χ1) is 20.8. The molecule has 2 heterocycles. The molecule has 1 atom stereocenters. The molecule has 2 aromatic rings. The van der Waals surface area contributed by atoms with Gasteiger partial charge in [-0.3, -0.25) is 19.4 Å². The Morgan fingerprint density at radius 3 is 2.57 bits per heavy atom. The van der Waals surface area contributed by atoms with Crippen molar-refractivity contribution in [2.75, 3.05) is 33.2 Å². The second-order valence-electron chi connectivity index (χ2n) is 11.5. The number of hydrogen-bond donors (Lipinski definition) is 2. The molecule has 1 aromatic heterocycles. The fourth-order valence-corrected chi connectivity index (χ4v) is 6.13. The molecule has 0 spiro atoms. The average Bonchev–Trinajstić information content (AvgIpc) is 3.65. The van der Waals surface area contributed by atoms with E-state index in [4.69, 9.17) is 12.2 Å². The highest BCUT2D eigenvalue weighted by atomic mass is 32.1. The van der Waals surface area contributed by atoms with Gasteiger partial charge in [-0.15, -0.1) is 0 Å². The predicted octanol–water partition coefficient (Wildman–Crippen LogP) is 5.76. The number of hydrogen-bond acceptors (Lipinski definition) is 5. The molecule has 8 nitrogen and oxygen atoms in total. The third-order valence-electron chi connectivity index (χ3n) is 8.18. The fraction of sp³-hybridized carbons (Fsp3) is 0.600. The lowest BCUT2D eigenvalue weighted by Crippen LogP contribution is -2.47. The molecule has 244 valence electrons. The molecule has 0 unspecified atom stereocenters. The van der Waals surface area contributed by atoms with Gasteiger partial charge in [-0.1, -0.05) is 25.0 Å². The lowest BCUT2D eigenvalue weighted by Gasteiger charge is -2.33. The lowest BCUT2D eigenvalue weighted by atomic mass is 10.0. The topological polar surface area (TPSA) is 82.5 Å². The molecule has 1 saturated carbocycles. The number of likely N-dealkylation sites (tertiary alicyclic amines) is 1. The molecule has 0 radical (unpaired) electrons. The van der Waals surface area contributed by atoms with Gasteiger partial charge in [0, 0.05) is 52.6 Å². The Morgan fingerprint density at radius 1 is 1.20 bits per heavy atom. The third-order valence-corrected chi connectivity index (χ3v) is 8.60. The average molecular weight is 645 g/mol. The molecular formula is C30H41F5N6O2S. The quantitative estimate of drug-likeness (QED) is 0.253. The summed E-state index contributed by atoms with van der Waals surface area (Å²) in [6, 6.07) is 4.39. The second kappa shape index (κ2) is 14.3. The maximum atomic E-state index is 14.0. The SMILES string of the molecule is CCNC(=S)N(C)C(=O)C[C@H](CCN1CCCC(F)(F)C1)NC(=O)c1cn(-c2ccccc2C(F)(F)F)c(C2CCCC2)n1.[HH]. The van der Waals surface area contributed by atoms with E-state index in [-0.39, 0.29) is 55.6 Å². The van der Waals surface area contributed by atoms with Gasteiger partial charge in [0.15, 0.2) is 5.11 Å². The van der Waals surface area contributed by atoms with Gasteiger partial charge in [-0.05, 0) is 63.5 Å². The van der Waals surface area contributed by atoms with Crippen molar-refractivity contribution in [2.45, 2.75) is 82.3 Å². The third kappa shape index (κ3) is 8.52. The van der Waals surface area contributed by atoms with E-state index in [0.29, 0.717) is 25.3 Å². The van der Waals surface area contributed by atoms with Crippen molar-refractivity contribution in [3.05, 3.63) is 47.5 Å². The summed E-state index contributed by atoms with van der Waals surface area (Å²) in [6.45, 7) is 2.62. The van der Waals surface area contributed by atoms with Gasteiger partial charge in [0.25, 0.3) is 11.8 Å².